The molecule has 0 unspecified atom stereocenters. The van der Waals surface area contributed by atoms with Crippen molar-refractivity contribution in [2.24, 2.45) is 0 Å². The maximum absolute atomic E-state index is 13.1. The Labute approximate surface area is 163 Å². The molecular weight excluding hydrogens is 384 g/mol. The average Bonchev–Trinajstić information content (AvgIpc) is 2.66. The van der Waals surface area contributed by atoms with E-state index in [1.165, 1.54) is 42.5 Å². The van der Waals surface area contributed by atoms with Gasteiger partial charge < -0.3 is 4.74 Å². The molecule has 0 saturated carbocycles. The van der Waals surface area contributed by atoms with Gasteiger partial charge in [0.2, 0.25) is 0 Å². The van der Waals surface area contributed by atoms with Gasteiger partial charge in [-0.2, -0.15) is 0 Å². The number of hydrogen-bond acceptors (Lipinski definition) is 6. The molecule has 0 aliphatic rings. The lowest BCUT2D eigenvalue weighted by atomic mass is 10.1. The molecule has 0 aliphatic carbocycles. The topological polar surface area (TPSA) is 107 Å². The van der Waals surface area contributed by atoms with E-state index in [0.717, 1.165) is 10.4 Å². The first-order valence-corrected chi connectivity index (χ1v) is 9.82. The van der Waals surface area contributed by atoms with Crippen LogP contribution in [0.5, 0.6) is 0 Å². The second-order valence-electron chi connectivity index (χ2n) is 5.80. The molecular formula is C19H20N2O6S. The Morgan fingerprint density at radius 3 is 2.57 bits per heavy atom. The lowest BCUT2D eigenvalue weighted by Crippen LogP contribution is -2.32. The van der Waals surface area contributed by atoms with E-state index in [-0.39, 0.29) is 23.7 Å². The summed E-state index contributed by atoms with van der Waals surface area (Å²) in [5.74, 6) is -0.506. The molecule has 0 N–H and O–H groups in total. The van der Waals surface area contributed by atoms with Crippen LogP contribution in [0.15, 0.2) is 60.0 Å². The van der Waals surface area contributed by atoms with E-state index < -0.39 is 20.9 Å². The number of rotatable bonds is 8. The zero-order valence-electron chi connectivity index (χ0n) is 15.5. The number of anilines is 1. The van der Waals surface area contributed by atoms with E-state index in [1.807, 2.05) is 0 Å². The maximum Gasteiger partial charge on any atom is 0.338 e. The SMILES string of the molecule is C=CCN(c1ccc(C(=O)OCC)cc1C)S(=O)(=O)c1cccc([N+](=O)[O-])c1. The van der Waals surface area contributed by atoms with Crippen LogP contribution >= 0.6 is 0 Å². The lowest BCUT2D eigenvalue weighted by molar-refractivity contribution is -0.385. The normalized spacial score (nSPS) is 10.9. The summed E-state index contributed by atoms with van der Waals surface area (Å²) in [5.41, 5.74) is 0.837. The van der Waals surface area contributed by atoms with Crippen molar-refractivity contribution in [3.8, 4) is 0 Å². The first-order chi connectivity index (χ1) is 13.2. The summed E-state index contributed by atoms with van der Waals surface area (Å²) in [7, 11) is -4.10. The van der Waals surface area contributed by atoms with Gasteiger partial charge in [0, 0.05) is 12.1 Å². The third-order valence-electron chi connectivity index (χ3n) is 3.89. The Balaban J connectivity index is 2.53. The van der Waals surface area contributed by atoms with Crippen molar-refractivity contribution in [3.63, 3.8) is 0 Å². The van der Waals surface area contributed by atoms with Crippen molar-refractivity contribution in [3.05, 3.63) is 76.4 Å². The van der Waals surface area contributed by atoms with Gasteiger partial charge in [0.05, 0.1) is 34.2 Å². The van der Waals surface area contributed by atoms with Gasteiger partial charge in [0.25, 0.3) is 15.7 Å². The molecule has 0 saturated heterocycles. The number of esters is 1. The Bertz CT molecular complexity index is 1020. The van der Waals surface area contributed by atoms with Crippen molar-refractivity contribution >= 4 is 27.4 Å². The van der Waals surface area contributed by atoms with E-state index in [4.69, 9.17) is 4.74 Å². The van der Waals surface area contributed by atoms with Crippen LogP contribution in [-0.2, 0) is 14.8 Å². The number of carbonyl (C=O) groups is 1. The monoisotopic (exact) mass is 404 g/mol. The minimum atomic E-state index is -4.10. The molecule has 0 atom stereocenters. The van der Waals surface area contributed by atoms with Crippen LogP contribution in [0.25, 0.3) is 0 Å². The Kier molecular flexibility index (Phi) is 6.53. The molecule has 9 heteroatoms. The molecule has 0 heterocycles. The molecule has 2 aromatic carbocycles. The first kappa shape index (κ1) is 21.1. The summed E-state index contributed by atoms with van der Waals surface area (Å²) in [4.78, 5) is 22.0. The Hall–Kier alpha value is -3.20. The number of ether oxygens (including phenoxy) is 1. The Morgan fingerprint density at radius 2 is 2.00 bits per heavy atom. The summed E-state index contributed by atoms with van der Waals surface area (Å²) in [5, 5.41) is 11.0. The van der Waals surface area contributed by atoms with Gasteiger partial charge in [-0.1, -0.05) is 12.1 Å². The fourth-order valence-electron chi connectivity index (χ4n) is 2.60. The zero-order valence-corrected chi connectivity index (χ0v) is 16.3. The lowest BCUT2D eigenvalue weighted by Gasteiger charge is -2.25. The quantitative estimate of drug-likeness (QED) is 0.289. The van der Waals surface area contributed by atoms with Crippen molar-refractivity contribution in [1.82, 2.24) is 0 Å². The Morgan fingerprint density at radius 1 is 1.29 bits per heavy atom. The van der Waals surface area contributed by atoms with Crippen LogP contribution in [0.3, 0.4) is 0 Å². The van der Waals surface area contributed by atoms with Crippen LogP contribution in [0.1, 0.15) is 22.8 Å². The van der Waals surface area contributed by atoms with Gasteiger partial charge in [0.1, 0.15) is 0 Å². The molecule has 0 spiro atoms. The number of benzene rings is 2. The third kappa shape index (κ3) is 4.37. The van der Waals surface area contributed by atoms with Crippen molar-refractivity contribution in [1.29, 1.82) is 0 Å². The number of sulfonamides is 1. The van der Waals surface area contributed by atoms with Crippen LogP contribution in [0, 0.1) is 17.0 Å². The molecule has 0 aliphatic heterocycles. The first-order valence-electron chi connectivity index (χ1n) is 8.38. The highest BCUT2D eigenvalue weighted by Gasteiger charge is 2.27. The molecule has 0 radical (unpaired) electrons. The average molecular weight is 404 g/mol. The summed E-state index contributed by atoms with van der Waals surface area (Å²) in [6.07, 6.45) is 1.41. The van der Waals surface area contributed by atoms with Gasteiger partial charge in [-0.15, -0.1) is 6.58 Å². The van der Waals surface area contributed by atoms with Crippen LogP contribution < -0.4 is 4.31 Å². The highest BCUT2D eigenvalue weighted by Crippen LogP contribution is 2.29. The van der Waals surface area contributed by atoms with Crippen molar-refractivity contribution < 1.29 is 22.9 Å². The number of nitrogens with zero attached hydrogens (tertiary/aromatic N) is 2. The van der Waals surface area contributed by atoms with Gasteiger partial charge in [0.15, 0.2) is 0 Å². The number of nitro groups is 1. The molecule has 0 fully saturated rings. The molecule has 148 valence electrons. The summed E-state index contributed by atoms with van der Waals surface area (Å²) < 4.78 is 32.3. The summed E-state index contributed by atoms with van der Waals surface area (Å²) >= 11 is 0. The highest BCUT2D eigenvalue weighted by atomic mass is 32.2. The maximum atomic E-state index is 13.1. The third-order valence-corrected chi connectivity index (χ3v) is 5.66. The van der Waals surface area contributed by atoms with E-state index in [1.54, 1.807) is 13.8 Å². The number of non-ortho nitro benzene ring substituents is 1. The van der Waals surface area contributed by atoms with Crippen molar-refractivity contribution in [2.45, 2.75) is 18.7 Å². The second kappa shape index (κ2) is 8.66. The molecule has 2 rings (SSSR count). The predicted octanol–water partition coefficient (Wildman–Crippen LogP) is 3.46. The fraction of sp³-hybridized carbons (Fsp3) is 0.211. The largest absolute Gasteiger partial charge is 0.462 e. The molecule has 8 nitrogen and oxygen atoms in total. The number of aryl methyl sites for hydroxylation is 1. The molecule has 0 bridgehead atoms. The number of hydrogen-bond donors (Lipinski definition) is 0. The van der Waals surface area contributed by atoms with Gasteiger partial charge in [-0.3, -0.25) is 14.4 Å². The fourth-order valence-corrected chi connectivity index (χ4v) is 4.14. The molecule has 2 aromatic rings. The zero-order chi connectivity index (χ0) is 20.9. The number of nitro benzene ring substituents is 1. The minimum absolute atomic E-state index is 0.0510. The van der Waals surface area contributed by atoms with Crippen LogP contribution in [0.4, 0.5) is 11.4 Å². The van der Waals surface area contributed by atoms with E-state index in [9.17, 15) is 23.3 Å². The van der Waals surface area contributed by atoms with E-state index >= 15 is 0 Å². The predicted molar refractivity (Wildman–Crippen MR) is 105 cm³/mol. The molecule has 0 aromatic heterocycles. The summed E-state index contributed by atoms with van der Waals surface area (Å²) in [6, 6.07) is 9.34. The van der Waals surface area contributed by atoms with Gasteiger partial charge in [-0.25, -0.2) is 13.2 Å². The smallest absolute Gasteiger partial charge is 0.338 e. The van der Waals surface area contributed by atoms with Crippen LogP contribution in [-0.4, -0.2) is 32.5 Å². The van der Waals surface area contributed by atoms with E-state index in [0.29, 0.717) is 16.8 Å². The second-order valence-corrected chi connectivity index (χ2v) is 7.66. The standard InChI is InChI=1S/C19H20N2O6S/c1-4-11-20(18-10-9-15(12-14(18)3)19(22)27-5-2)28(25,26)17-8-6-7-16(13-17)21(23)24/h4,6-10,12-13H,1,5,11H2,2-3H3. The minimum Gasteiger partial charge on any atom is -0.462 e. The van der Waals surface area contributed by atoms with Gasteiger partial charge in [-0.05, 0) is 43.7 Å². The van der Waals surface area contributed by atoms with Gasteiger partial charge >= 0.3 is 5.97 Å². The number of carbonyl (C=O) groups excluding carboxylic acids is 1. The van der Waals surface area contributed by atoms with Crippen molar-refractivity contribution in [2.75, 3.05) is 17.5 Å². The summed E-state index contributed by atoms with van der Waals surface area (Å²) in [6.45, 7) is 7.12. The highest BCUT2D eigenvalue weighted by molar-refractivity contribution is 7.92. The van der Waals surface area contributed by atoms with Crippen LogP contribution in [0.2, 0.25) is 0 Å². The van der Waals surface area contributed by atoms with E-state index in [2.05, 4.69) is 6.58 Å². The molecule has 0 amide bonds. The molecule has 28 heavy (non-hydrogen) atoms.